The Kier molecular flexibility index (Phi) is 10.2. The molecule has 0 atom stereocenters. The first kappa shape index (κ1) is 17.1. The van der Waals surface area contributed by atoms with Crippen molar-refractivity contribution in [2.45, 2.75) is 84.5 Å². The topological polar surface area (TPSA) is 14.2 Å². The average molecular weight is 279 g/mol. The molecule has 0 bridgehead atoms. The lowest BCUT2D eigenvalue weighted by molar-refractivity contribution is 0.101. The largest absolute Gasteiger partial charge is 0.414 e. The van der Waals surface area contributed by atoms with Gasteiger partial charge >= 0.3 is 0 Å². The van der Waals surface area contributed by atoms with Gasteiger partial charge in [0.25, 0.3) is 0 Å². The van der Waals surface area contributed by atoms with E-state index in [4.69, 9.17) is 4.84 Å². The molecule has 0 fully saturated rings. The molecule has 0 radical (unpaired) electrons. The first-order valence-corrected chi connectivity index (χ1v) is 8.68. The van der Waals surface area contributed by atoms with E-state index < -0.39 is 0 Å². The molecule has 1 rings (SSSR count). The summed E-state index contributed by atoms with van der Waals surface area (Å²) in [6.45, 7) is 5.28. The number of rotatable bonds is 13. The lowest BCUT2D eigenvalue weighted by Crippen LogP contribution is -2.14. The van der Waals surface area contributed by atoms with Crippen LogP contribution in [0.3, 0.4) is 0 Å². The van der Waals surface area contributed by atoms with Gasteiger partial charge in [0, 0.05) is 6.20 Å². The second-order valence-corrected chi connectivity index (χ2v) is 5.69. The minimum Gasteiger partial charge on any atom is -0.414 e. The van der Waals surface area contributed by atoms with Gasteiger partial charge in [-0.15, -0.1) is 0 Å². The zero-order chi connectivity index (χ0) is 14.5. The Hall–Kier alpha value is -0.920. The molecule has 0 aliphatic heterocycles. The summed E-state index contributed by atoms with van der Waals surface area (Å²) in [5, 5.41) is 0. The Morgan fingerprint density at radius 3 is 2.05 bits per heavy atom. The lowest BCUT2D eigenvalue weighted by atomic mass is 10.1. The van der Waals surface area contributed by atoms with Crippen molar-refractivity contribution >= 4 is 0 Å². The Labute approximate surface area is 125 Å². The summed E-state index contributed by atoms with van der Waals surface area (Å²) in [6, 6.07) is 4.18. The van der Waals surface area contributed by atoms with Gasteiger partial charge in [-0.05, 0) is 31.4 Å². The summed E-state index contributed by atoms with van der Waals surface area (Å²) in [4.78, 5) is 5.76. The van der Waals surface area contributed by atoms with Crippen molar-refractivity contribution in [3.8, 4) is 0 Å². The van der Waals surface area contributed by atoms with E-state index in [1.165, 1.54) is 69.9 Å². The molecule has 20 heavy (non-hydrogen) atoms. The second kappa shape index (κ2) is 11.9. The third-order valence-corrected chi connectivity index (χ3v) is 3.88. The second-order valence-electron chi connectivity index (χ2n) is 5.69. The van der Waals surface area contributed by atoms with Gasteiger partial charge in [-0.25, -0.2) is 0 Å². The molecule has 2 heteroatoms. The molecule has 116 valence electrons. The van der Waals surface area contributed by atoms with E-state index in [1.807, 2.05) is 10.9 Å². The van der Waals surface area contributed by atoms with Gasteiger partial charge in [0.15, 0.2) is 0 Å². The van der Waals surface area contributed by atoms with Crippen LogP contribution in [-0.4, -0.2) is 11.3 Å². The summed E-state index contributed by atoms with van der Waals surface area (Å²) < 4.78 is 1.92. The fraction of sp³-hybridized carbons (Fsp3) is 0.778. The van der Waals surface area contributed by atoms with Gasteiger partial charge in [-0.3, -0.25) is 0 Å². The lowest BCUT2D eigenvalue weighted by Gasteiger charge is -2.09. The Balaban J connectivity index is 1.85. The van der Waals surface area contributed by atoms with E-state index >= 15 is 0 Å². The van der Waals surface area contributed by atoms with Crippen molar-refractivity contribution in [2.24, 2.45) is 0 Å². The Morgan fingerprint density at radius 1 is 0.850 bits per heavy atom. The highest BCUT2D eigenvalue weighted by atomic mass is 16.7. The zero-order valence-electron chi connectivity index (χ0n) is 13.6. The fourth-order valence-corrected chi connectivity index (χ4v) is 2.55. The molecule has 0 N–H and O–H groups in total. The molecular formula is C18H33NO. The molecule has 0 aromatic carbocycles. The van der Waals surface area contributed by atoms with Gasteiger partial charge in [0.1, 0.15) is 6.61 Å². The molecule has 0 amide bonds. The summed E-state index contributed by atoms with van der Waals surface area (Å²) in [7, 11) is 0. The van der Waals surface area contributed by atoms with Crippen molar-refractivity contribution in [1.82, 2.24) is 4.73 Å². The number of aromatic nitrogens is 1. The van der Waals surface area contributed by atoms with Crippen molar-refractivity contribution in [2.75, 3.05) is 6.61 Å². The summed E-state index contributed by atoms with van der Waals surface area (Å²) in [5.41, 5.74) is 1.26. The number of unbranched alkanes of at least 4 members (excludes halogenated alkanes) is 9. The minimum absolute atomic E-state index is 0.845. The highest BCUT2D eigenvalue weighted by molar-refractivity contribution is 5.04. The van der Waals surface area contributed by atoms with Crippen LogP contribution in [0, 0.1) is 0 Å². The summed E-state index contributed by atoms with van der Waals surface area (Å²) >= 11 is 0. The van der Waals surface area contributed by atoms with Crippen molar-refractivity contribution in [3.63, 3.8) is 0 Å². The van der Waals surface area contributed by atoms with Crippen molar-refractivity contribution in [3.05, 3.63) is 24.0 Å². The van der Waals surface area contributed by atoms with E-state index in [2.05, 4.69) is 26.0 Å². The average Bonchev–Trinajstić information content (AvgIpc) is 2.92. The number of nitrogens with zero attached hydrogens (tertiary/aromatic N) is 1. The van der Waals surface area contributed by atoms with Crippen molar-refractivity contribution in [1.29, 1.82) is 0 Å². The van der Waals surface area contributed by atoms with Gasteiger partial charge in [0.05, 0.1) is 5.69 Å². The third kappa shape index (κ3) is 7.62. The Morgan fingerprint density at radius 2 is 1.45 bits per heavy atom. The summed E-state index contributed by atoms with van der Waals surface area (Å²) in [6.07, 6.45) is 16.8. The highest BCUT2D eigenvalue weighted by Gasteiger charge is 1.98. The SMILES string of the molecule is CCCCCCCCCCCCOn1cccc1CC. The number of hydrogen-bond acceptors (Lipinski definition) is 1. The Bertz CT molecular complexity index is 319. The zero-order valence-corrected chi connectivity index (χ0v) is 13.6. The molecule has 0 spiro atoms. The molecule has 0 aliphatic rings. The maximum Gasteiger partial charge on any atom is 0.115 e. The quantitative estimate of drug-likeness (QED) is 0.441. The fourth-order valence-electron chi connectivity index (χ4n) is 2.55. The van der Waals surface area contributed by atoms with Crippen LogP contribution in [0.15, 0.2) is 18.3 Å². The molecule has 0 saturated carbocycles. The first-order chi connectivity index (χ1) is 9.88. The van der Waals surface area contributed by atoms with Crippen molar-refractivity contribution < 1.29 is 4.84 Å². The van der Waals surface area contributed by atoms with Gasteiger partial charge in [0.2, 0.25) is 0 Å². The first-order valence-electron chi connectivity index (χ1n) is 8.68. The summed E-state index contributed by atoms with van der Waals surface area (Å²) in [5.74, 6) is 0. The van der Waals surface area contributed by atoms with E-state index in [0.717, 1.165) is 13.0 Å². The minimum atomic E-state index is 0.845. The van der Waals surface area contributed by atoms with Gasteiger partial charge in [-0.1, -0.05) is 65.2 Å². The molecule has 0 saturated heterocycles. The van der Waals surface area contributed by atoms with E-state index in [0.29, 0.717) is 0 Å². The standard InChI is InChI=1S/C18H33NO/c1-3-5-6-7-8-9-10-11-12-13-17-20-19-16-14-15-18(19)4-2/h14-16H,3-13,17H2,1-2H3. The molecule has 0 aliphatic carbocycles. The molecule has 1 aromatic rings. The smallest absolute Gasteiger partial charge is 0.115 e. The number of hydrogen-bond donors (Lipinski definition) is 0. The van der Waals surface area contributed by atoms with Crippen LogP contribution in [-0.2, 0) is 6.42 Å². The number of aryl methyl sites for hydroxylation is 1. The normalized spacial score (nSPS) is 10.9. The van der Waals surface area contributed by atoms with E-state index in [1.54, 1.807) is 0 Å². The maximum absolute atomic E-state index is 5.76. The molecular weight excluding hydrogens is 246 g/mol. The van der Waals surface area contributed by atoms with Crippen LogP contribution in [0.5, 0.6) is 0 Å². The molecule has 2 nitrogen and oxygen atoms in total. The van der Waals surface area contributed by atoms with Crippen LogP contribution in [0.4, 0.5) is 0 Å². The molecule has 1 heterocycles. The molecule has 0 unspecified atom stereocenters. The van der Waals surface area contributed by atoms with E-state index in [-0.39, 0.29) is 0 Å². The van der Waals surface area contributed by atoms with Gasteiger partial charge < -0.3 is 4.84 Å². The third-order valence-electron chi connectivity index (χ3n) is 3.88. The van der Waals surface area contributed by atoms with Gasteiger partial charge in [-0.2, -0.15) is 4.73 Å². The maximum atomic E-state index is 5.76. The van der Waals surface area contributed by atoms with Crippen LogP contribution in [0.1, 0.15) is 83.7 Å². The van der Waals surface area contributed by atoms with Crippen LogP contribution in [0.2, 0.25) is 0 Å². The molecule has 1 aromatic heterocycles. The van der Waals surface area contributed by atoms with Crippen LogP contribution in [0.25, 0.3) is 0 Å². The monoisotopic (exact) mass is 279 g/mol. The van der Waals surface area contributed by atoms with Crippen LogP contribution < -0.4 is 4.84 Å². The van der Waals surface area contributed by atoms with E-state index in [9.17, 15) is 0 Å². The predicted octanol–water partition coefficient (Wildman–Crippen LogP) is 5.40. The highest BCUT2D eigenvalue weighted by Crippen LogP contribution is 2.10. The van der Waals surface area contributed by atoms with Crippen LogP contribution >= 0.6 is 0 Å². The predicted molar refractivity (Wildman–Crippen MR) is 87.1 cm³/mol.